The predicted octanol–water partition coefficient (Wildman–Crippen LogP) is 1.42. The minimum absolute atomic E-state index is 0.104. The molecule has 1 aliphatic rings. The number of benzene rings is 1. The number of nitrogens with one attached hydrogen (secondary N) is 1. The largest absolute Gasteiger partial charge is 0.371 e. The highest BCUT2D eigenvalue weighted by atomic mass is 16.1. The molecular formula is C15H23N3O. The summed E-state index contributed by atoms with van der Waals surface area (Å²) in [5, 5.41) is 2.76. The van der Waals surface area contributed by atoms with Crippen LogP contribution in [0.2, 0.25) is 0 Å². The van der Waals surface area contributed by atoms with Gasteiger partial charge in [0.25, 0.3) is 0 Å². The van der Waals surface area contributed by atoms with Crippen LogP contribution in [0.5, 0.6) is 0 Å². The Morgan fingerprint density at radius 1 is 1.53 bits per heavy atom. The van der Waals surface area contributed by atoms with E-state index in [-0.39, 0.29) is 11.8 Å². The average Bonchev–Trinajstić information content (AvgIpc) is 2.46. The number of carbonyl (C=O) groups is 1. The SMILES string of the molecule is CNC(=O)C1CCCN(c2ccc(CN)cc2C)C1. The molecular weight excluding hydrogens is 238 g/mol. The molecule has 4 nitrogen and oxygen atoms in total. The zero-order valence-corrected chi connectivity index (χ0v) is 11.8. The Labute approximate surface area is 115 Å². The molecule has 0 spiro atoms. The molecule has 104 valence electrons. The molecule has 0 bridgehead atoms. The molecule has 19 heavy (non-hydrogen) atoms. The highest BCUT2D eigenvalue weighted by molar-refractivity contribution is 5.79. The first-order valence-electron chi connectivity index (χ1n) is 6.92. The smallest absolute Gasteiger partial charge is 0.224 e. The van der Waals surface area contributed by atoms with Crippen LogP contribution in [0.4, 0.5) is 5.69 Å². The van der Waals surface area contributed by atoms with Gasteiger partial charge in [-0.1, -0.05) is 12.1 Å². The fourth-order valence-corrected chi connectivity index (χ4v) is 2.81. The Balaban J connectivity index is 2.15. The monoisotopic (exact) mass is 261 g/mol. The summed E-state index contributed by atoms with van der Waals surface area (Å²) in [5.41, 5.74) is 9.28. The molecule has 1 fully saturated rings. The third-order valence-corrected chi connectivity index (χ3v) is 3.88. The van der Waals surface area contributed by atoms with E-state index in [0.29, 0.717) is 6.54 Å². The van der Waals surface area contributed by atoms with E-state index in [0.717, 1.165) is 31.5 Å². The molecule has 0 aromatic heterocycles. The maximum absolute atomic E-state index is 11.8. The van der Waals surface area contributed by atoms with Crippen LogP contribution in [0.1, 0.15) is 24.0 Å². The molecule has 1 unspecified atom stereocenters. The summed E-state index contributed by atoms with van der Waals surface area (Å²) >= 11 is 0. The second kappa shape index (κ2) is 6.06. The van der Waals surface area contributed by atoms with Crippen LogP contribution in [0.3, 0.4) is 0 Å². The maximum atomic E-state index is 11.8. The molecule has 0 radical (unpaired) electrons. The van der Waals surface area contributed by atoms with Crippen LogP contribution in [0.15, 0.2) is 18.2 Å². The second-order valence-electron chi connectivity index (χ2n) is 5.22. The van der Waals surface area contributed by atoms with Gasteiger partial charge in [-0.05, 0) is 37.0 Å². The van der Waals surface area contributed by atoms with Crippen molar-refractivity contribution in [2.75, 3.05) is 25.0 Å². The lowest BCUT2D eigenvalue weighted by Gasteiger charge is -2.34. The lowest BCUT2D eigenvalue weighted by molar-refractivity contribution is -0.124. The van der Waals surface area contributed by atoms with Crippen LogP contribution >= 0.6 is 0 Å². The van der Waals surface area contributed by atoms with Crippen molar-refractivity contribution in [2.24, 2.45) is 11.7 Å². The van der Waals surface area contributed by atoms with E-state index in [2.05, 4.69) is 35.3 Å². The van der Waals surface area contributed by atoms with Gasteiger partial charge in [-0.3, -0.25) is 4.79 Å². The van der Waals surface area contributed by atoms with Crippen LogP contribution in [-0.2, 0) is 11.3 Å². The van der Waals surface area contributed by atoms with Gasteiger partial charge in [0.1, 0.15) is 0 Å². The van der Waals surface area contributed by atoms with Crippen molar-refractivity contribution in [2.45, 2.75) is 26.3 Å². The normalized spacial score (nSPS) is 19.3. The quantitative estimate of drug-likeness (QED) is 0.865. The molecule has 1 aromatic carbocycles. The first-order chi connectivity index (χ1) is 9.15. The van der Waals surface area contributed by atoms with Crippen LogP contribution in [0, 0.1) is 12.8 Å². The van der Waals surface area contributed by atoms with Gasteiger partial charge in [-0.15, -0.1) is 0 Å². The van der Waals surface area contributed by atoms with Gasteiger partial charge >= 0.3 is 0 Å². The van der Waals surface area contributed by atoms with Crippen molar-refractivity contribution in [1.29, 1.82) is 0 Å². The summed E-state index contributed by atoms with van der Waals surface area (Å²) in [6, 6.07) is 6.34. The molecule has 1 amide bonds. The van der Waals surface area contributed by atoms with Gasteiger partial charge in [0.05, 0.1) is 5.92 Å². The molecule has 1 aromatic rings. The molecule has 1 saturated heterocycles. The molecule has 1 atom stereocenters. The average molecular weight is 261 g/mol. The highest BCUT2D eigenvalue weighted by Crippen LogP contribution is 2.26. The van der Waals surface area contributed by atoms with Crippen molar-refractivity contribution in [3.63, 3.8) is 0 Å². The van der Waals surface area contributed by atoms with Gasteiger partial charge in [0, 0.05) is 32.4 Å². The van der Waals surface area contributed by atoms with Gasteiger partial charge < -0.3 is 16.0 Å². The predicted molar refractivity (Wildman–Crippen MR) is 78.1 cm³/mol. The topological polar surface area (TPSA) is 58.4 Å². The molecule has 0 aliphatic carbocycles. The van der Waals surface area contributed by atoms with E-state index in [9.17, 15) is 4.79 Å². The molecule has 4 heteroatoms. The summed E-state index contributed by atoms with van der Waals surface area (Å²) in [4.78, 5) is 14.1. The van der Waals surface area contributed by atoms with Crippen molar-refractivity contribution < 1.29 is 4.79 Å². The summed E-state index contributed by atoms with van der Waals surface area (Å²) in [5.74, 6) is 0.258. The molecule has 3 N–H and O–H groups in total. The number of amides is 1. The van der Waals surface area contributed by atoms with E-state index in [4.69, 9.17) is 5.73 Å². The number of nitrogens with zero attached hydrogens (tertiary/aromatic N) is 1. The van der Waals surface area contributed by atoms with E-state index in [1.165, 1.54) is 11.3 Å². The zero-order valence-electron chi connectivity index (χ0n) is 11.8. The number of anilines is 1. The lowest BCUT2D eigenvalue weighted by Crippen LogP contribution is -2.42. The van der Waals surface area contributed by atoms with E-state index in [1.807, 2.05) is 0 Å². The summed E-state index contributed by atoms with van der Waals surface area (Å²) in [6.07, 6.45) is 2.05. The molecule has 1 aliphatic heterocycles. The van der Waals surface area contributed by atoms with E-state index in [1.54, 1.807) is 7.05 Å². The second-order valence-corrected chi connectivity index (χ2v) is 5.22. The Bertz CT molecular complexity index is 459. The van der Waals surface area contributed by atoms with Gasteiger partial charge in [0.2, 0.25) is 5.91 Å². The number of piperidine rings is 1. The Morgan fingerprint density at radius 2 is 2.32 bits per heavy atom. The van der Waals surface area contributed by atoms with Crippen molar-refractivity contribution in [3.8, 4) is 0 Å². The number of hydrogen-bond donors (Lipinski definition) is 2. The van der Waals surface area contributed by atoms with Gasteiger partial charge in [-0.25, -0.2) is 0 Å². The van der Waals surface area contributed by atoms with E-state index < -0.39 is 0 Å². The van der Waals surface area contributed by atoms with E-state index >= 15 is 0 Å². The first kappa shape index (κ1) is 13.9. The number of rotatable bonds is 3. The first-order valence-corrected chi connectivity index (χ1v) is 6.92. The maximum Gasteiger partial charge on any atom is 0.224 e. The Kier molecular flexibility index (Phi) is 4.43. The Hall–Kier alpha value is -1.55. The van der Waals surface area contributed by atoms with Crippen LogP contribution < -0.4 is 16.0 Å². The van der Waals surface area contributed by atoms with Gasteiger partial charge in [0.15, 0.2) is 0 Å². The van der Waals surface area contributed by atoms with Crippen LogP contribution in [0.25, 0.3) is 0 Å². The van der Waals surface area contributed by atoms with Crippen molar-refractivity contribution >= 4 is 11.6 Å². The summed E-state index contributed by atoms with van der Waals surface area (Å²) < 4.78 is 0. The number of aryl methyl sites for hydroxylation is 1. The highest BCUT2D eigenvalue weighted by Gasteiger charge is 2.25. The lowest BCUT2D eigenvalue weighted by atomic mass is 9.96. The van der Waals surface area contributed by atoms with Crippen molar-refractivity contribution in [3.05, 3.63) is 29.3 Å². The summed E-state index contributed by atoms with van der Waals surface area (Å²) in [6.45, 7) is 4.51. The molecule has 1 heterocycles. The number of hydrogen-bond acceptors (Lipinski definition) is 3. The number of nitrogens with two attached hydrogens (primary N) is 1. The standard InChI is InChI=1S/C15H23N3O/c1-11-8-12(9-16)5-6-14(11)18-7-3-4-13(10-18)15(19)17-2/h5-6,8,13H,3-4,7,9-10,16H2,1-2H3,(H,17,19). The summed E-state index contributed by atoms with van der Waals surface area (Å²) in [7, 11) is 1.71. The van der Waals surface area contributed by atoms with Gasteiger partial charge in [-0.2, -0.15) is 0 Å². The Morgan fingerprint density at radius 3 is 2.95 bits per heavy atom. The minimum Gasteiger partial charge on any atom is -0.371 e. The molecule has 0 saturated carbocycles. The third-order valence-electron chi connectivity index (χ3n) is 3.88. The number of carbonyl (C=O) groups excluding carboxylic acids is 1. The fraction of sp³-hybridized carbons (Fsp3) is 0.533. The van der Waals surface area contributed by atoms with Crippen molar-refractivity contribution in [1.82, 2.24) is 5.32 Å². The minimum atomic E-state index is 0.104. The third kappa shape index (κ3) is 3.07. The fourth-order valence-electron chi connectivity index (χ4n) is 2.81. The zero-order chi connectivity index (χ0) is 13.8. The molecule has 2 rings (SSSR count). The van der Waals surface area contributed by atoms with Crippen LogP contribution in [-0.4, -0.2) is 26.0 Å².